The molecule has 0 aliphatic carbocycles. The van der Waals surface area contributed by atoms with Gasteiger partial charge in [-0.05, 0) is 17.2 Å². The fourth-order valence-corrected chi connectivity index (χ4v) is 2.61. The largest absolute Gasteiger partial charge is 0.368 e. The van der Waals surface area contributed by atoms with Gasteiger partial charge in [0.25, 0.3) is 0 Å². The summed E-state index contributed by atoms with van der Waals surface area (Å²) in [7, 11) is 0. The summed E-state index contributed by atoms with van der Waals surface area (Å²) in [5, 5.41) is 10.9. The minimum absolute atomic E-state index is 0.486. The van der Waals surface area contributed by atoms with Gasteiger partial charge < -0.3 is 5.73 Å². The van der Waals surface area contributed by atoms with Gasteiger partial charge in [-0.3, -0.25) is 4.57 Å². The first-order chi connectivity index (χ1) is 7.31. The summed E-state index contributed by atoms with van der Waals surface area (Å²) in [5.74, 6) is 1.46. The average molecular weight is 240 g/mol. The van der Waals surface area contributed by atoms with E-state index < -0.39 is 0 Å². The van der Waals surface area contributed by atoms with Crippen LogP contribution in [-0.2, 0) is 6.54 Å². The first kappa shape index (κ1) is 10.5. The van der Waals surface area contributed by atoms with Crippen molar-refractivity contribution in [2.24, 2.45) is 0 Å². The number of thioether (sulfide) groups is 1. The van der Waals surface area contributed by atoms with E-state index in [0.717, 1.165) is 17.5 Å². The number of thiophene rings is 1. The fourth-order valence-electron chi connectivity index (χ4n) is 1.24. The molecule has 2 aromatic heterocycles. The van der Waals surface area contributed by atoms with Gasteiger partial charge in [0.1, 0.15) is 0 Å². The minimum Gasteiger partial charge on any atom is -0.368 e. The molecule has 0 saturated heterocycles. The Labute approximate surface area is 96.5 Å². The predicted molar refractivity (Wildman–Crippen MR) is 64.3 cm³/mol. The van der Waals surface area contributed by atoms with E-state index in [0.29, 0.717) is 5.95 Å². The molecule has 4 nitrogen and oxygen atoms in total. The van der Waals surface area contributed by atoms with Crippen molar-refractivity contribution in [2.45, 2.75) is 18.6 Å². The summed E-state index contributed by atoms with van der Waals surface area (Å²) in [4.78, 5) is 1.26. The van der Waals surface area contributed by atoms with E-state index in [1.807, 2.05) is 10.6 Å². The molecule has 0 unspecified atom stereocenters. The van der Waals surface area contributed by atoms with E-state index in [-0.39, 0.29) is 0 Å². The van der Waals surface area contributed by atoms with Crippen LogP contribution in [-0.4, -0.2) is 20.5 Å². The van der Waals surface area contributed by atoms with Crippen molar-refractivity contribution in [3.8, 4) is 0 Å². The molecule has 0 aliphatic rings. The molecule has 2 aromatic rings. The van der Waals surface area contributed by atoms with Gasteiger partial charge in [-0.15, -0.1) is 21.5 Å². The van der Waals surface area contributed by atoms with Crippen LogP contribution in [0.15, 0.2) is 22.7 Å². The molecule has 2 heterocycles. The number of rotatable bonds is 4. The molecule has 0 amide bonds. The fraction of sp³-hybridized carbons (Fsp3) is 0.333. The zero-order chi connectivity index (χ0) is 10.7. The van der Waals surface area contributed by atoms with Gasteiger partial charge in [0.05, 0.1) is 6.54 Å². The van der Waals surface area contributed by atoms with Crippen LogP contribution in [0, 0.1) is 0 Å². The molecule has 0 saturated carbocycles. The third kappa shape index (κ3) is 2.32. The Balaban J connectivity index is 2.22. The second-order valence-electron chi connectivity index (χ2n) is 2.94. The number of nitrogens with zero attached hydrogens (tertiary/aromatic N) is 3. The molecule has 0 bridgehead atoms. The van der Waals surface area contributed by atoms with Crippen molar-refractivity contribution in [1.82, 2.24) is 14.8 Å². The topological polar surface area (TPSA) is 56.7 Å². The summed E-state index contributed by atoms with van der Waals surface area (Å²) in [6.45, 7) is 2.85. The van der Waals surface area contributed by atoms with E-state index in [9.17, 15) is 0 Å². The lowest BCUT2D eigenvalue weighted by Crippen LogP contribution is -2.04. The van der Waals surface area contributed by atoms with Gasteiger partial charge in [-0.25, -0.2) is 0 Å². The van der Waals surface area contributed by atoms with E-state index in [2.05, 4.69) is 28.6 Å². The summed E-state index contributed by atoms with van der Waals surface area (Å²) in [5.41, 5.74) is 5.77. The van der Waals surface area contributed by atoms with Gasteiger partial charge in [0.15, 0.2) is 5.16 Å². The molecule has 0 aromatic carbocycles. The number of nitrogen functional groups attached to an aromatic ring is 1. The van der Waals surface area contributed by atoms with Gasteiger partial charge in [0, 0.05) is 4.88 Å². The second-order valence-corrected chi connectivity index (χ2v) is 5.20. The maximum Gasteiger partial charge on any atom is 0.223 e. The van der Waals surface area contributed by atoms with E-state index >= 15 is 0 Å². The summed E-state index contributed by atoms with van der Waals surface area (Å²) >= 11 is 3.37. The first-order valence-corrected chi connectivity index (χ1v) is 6.51. The molecule has 0 fully saturated rings. The highest BCUT2D eigenvalue weighted by atomic mass is 32.2. The van der Waals surface area contributed by atoms with Crippen LogP contribution in [0.1, 0.15) is 11.8 Å². The molecule has 6 heteroatoms. The molecule has 80 valence electrons. The third-order valence-corrected chi connectivity index (χ3v) is 3.62. The Morgan fingerprint density at radius 1 is 1.53 bits per heavy atom. The molecule has 2 N–H and O–H groups in total. The SMILES string of the molecule is CCSc1nnc(N)n1Cc1cccs1. The molecule has 0 aliphatic heterocycles. The molecule has 0 atom stereocenters. The number of hydrogen-bond acceptors (Lipinski definition) is 5. The Hall–Kier alpha value is -1.01. The highest BCUT2D eigenvalue weighted by molar-refractivity contribution is 7.99. The maximum atomic E-state index is 5.77. The number of hydrogen-bond donors (Lipinski definition) is 1. The van der Waals surface area contributed by atoms with E-state index in [4.69, 9.17) is 5.73 Å². The lowest BCUT2D eigenvalue weighted by Gasteiger charge is -2.04. The normalized spacial score (nSPS) is 10.7. The molecular formula is C9H12N4S2. The maximum absolute atomic E-state index is 5.77. The number of anilines is 1. The summed E-state index contributed by atoms with van der Waals surface area (Å²) in [6, 6.07) is 4.12. The van der Waals surface area contributed by atoms with Crippen molar-refractivity contribution < 1.29 is 0 Å². The molecular weight excluding hydrogens is 228 g/mol. The van der Waals surface area contributed by atoms with Crippen LogP contribution >= 0.6 is 23.1 Å². The van der Waals surface area contributed by atoms with Crippen LogP contribution < -0.4 is 5.73 Å². The lowest BCUT2D eigenvalue weighted by molar-refractivity contribution is 0.725. The molecule has 0 spiro atoms. The van der Waals surface area contributed by atoms with Crippen molar-refractivity contribution in [3.05, 3.63) is 22.4 Å². The summed E-state index contributed by atoms with van der Waals surface area (Å²) in [6.07, 6.45) is 0. The van der Waals surface area contributed by atoms with Crippen LogP contribution in [0.5, 0.6) is 0 Å². The Bertz CT molecular complexity index is 421. The third-order valence-electron chi connectivity index (χ3n) is 1.91. The molecule has 0 radical (unpaired) electrons. The van der Waals surface area contributed by atoms with Crippen molar-refractivity contribution in [1.29, 1.82) is 0 Å². The smallest absolute Gasteiger partial charge is 0.223 e. The minimum atomic E-state index is 0.486. The number of aromatic nitrogens is 3. The van der Waals surface area contributed by atoms with Gasteiger partial charge in [-0.1, -0.05) is 24.8 Å². The second kappa shape index (κ2) is 4.67. The van der Waals surface area contributed by atoms with Crippen molar-refractivity contribution >= 4 is 29.0 Å². The Morgan fingerprint density at radius 2 is 2.40 bits per heavy atom. The average Bonchev–Trinajstić information content (AvgIpc) is 2.83. The van der Waals surface area contributed by atoms with Crippen LogP contribution in [0.4, 0.5) is 5.95 Å². The highest BCUT2D eigenvalue weighted by Crippen LogP contribution is 2.20. The molecule has 2 rings (SSSR count). The van der Waals surface area contributed by atoms with Crippen LogP contribution in [0.2, 0.25) is 0 Å². The van der Waals surface area contributed by atoms with Gasteiger partial charge >= 0.3 is 0 Å². The first-order valence-electron chi connectivity index (χ1n) is 4.65. The Morgan fingerprint density at radius 3 is 3.07 bits per heavy atom. The van der Waals surface area contributed by atoms with Gasteiger partial charge in [0.2, 0.25) is 5.95 Å². The highest BCUT2D eigenvalue weighted by Gasteiger charge is 2.09. The quantitative estimate of drug-likeness (QED) is 0.831. The standard InChI is InChI=1S/C9H12N4S2/c1-2-14-9-12-11-8(10)13(9)6-7-4-3-5-15-7/h3-5H,2,6H2,1H3,(H2,10,11). The van der Waals surface area contributed by atoms with Crippen molar-refractivity contribution in [3.63, 3.8) is 0 Å². The summed E-state index contributed by atoms with van der Waals surface area (Å²) < 4.78 is 1.94. The zero-order valence-corrected chi connectivity index (χ0v) is 10.0. The predicted octanol–water partition coefficient (Wildman–Crippen LogP) is 2.08. The molecule has 15 heavy (non-hydrogen) atoms. The lowest BCUT2D eigenvalue weighted by atomic mass is 10.4. The van der Waals surface area contributed by atoms with Crippen molar-refractivity contribution in [2.75, 3.05) is 11.5 Å². The van der Waals surface area contributed by atoms with Crippen LogP contribution in [0.25, 0.3) is 0 Å². The van der Waals surface area contributed by atoms with E-state index in [1.165, 1.54) is 4.88 Å². The van der Waals surface area contributed by atoms with Crippen LogP contribution in [0.3, 0.4) is 0 Å². The number of nitrogens with two attached hydrogens (primary N) is 1. The van der Waals surface area contributed by atoms with Gasteiger partial charge in [-0.2, -0.15) is 0 Å². The zero-order valence-electron chi connectivity index (χ0n) is 8.38. The van der Waals surface area contributed by atoms with E-state index in [1.54, 1.807) is 23.1 Å². The Kier molecular flexibility index (Phi) is 3.27. The monoisotopic (exact) mass is 240 g/mol.